The van der Waals surface area contributed by atoms with Crippen LogP contribution in [-0.4, -0.2) is 51.0 Å². The second kappa shape index (κ2) is 9.31. The van der Waals surface area contributed by atoms with Gasteiger partial charge in [-0.05, 0) is 37.5 Å². The third kappa shape index (κ3) is 5.80. The number of rotatable bonds is 8. The summed E-state index contributed by atoms with van der Waals surface area (Å²) in [5, 5.41) is 2.98. The van der Waals surface area contributed by atoms with Crippen LogP contribution in [0, 0.1) is 0 Å². The summed E-state index contributed by atoms with van der Waals surface area (Å²) in [7, 11) is -3.46. The number of morpholine rings is 1. The second-order valence-corrected chi connectivity index (χ2v) is 8.36. The van der Waals surface area contributed by atoms with Crippen molar-refractivity contribution >= 4 is 15.9 Å². The van der Waals surface area contributed by atoms with Gasteiger partial charge in [0, 0.05) is 25.6 Å². The van der Waals surface area contributed by atoms with Gasteiger partial charge in [0.25, 0.3) is 0 Å². The van der Waals surface area contributed by atoms with Gasteiger partial charge in [-0.2, -0.15) is 4.31 Å². The van der Waals surface area contributed by atoms with Crippen molar-refractivity contribution in [2.75, 3.05) is 26.3 Å². The molecule has 1 fully saturated rings. The van der Waals surface area contributed by atoms with Gasteiger partial charge in [-0.3, -0.25) is 4.79 Å². The molecule has 1 amide bonds. The maximum Gasteiger partial charge on any atom is 0.243 e. The molecule has 25 heavy (non-hydrogen) atoms. The molecule has 1 N–H and O–H groups in total. The van der Waals surface area contributed by atoms with Crippen molar-refractivity contribution in [1.29, 1.82) is 0 Å². The summed E-state index contributed by atoms with van der Waals surface area (Å²) < 4.78 is 31.8. The van der Waals surface area contributed by atoms with E-state index in [0.717, 1.165) is 18.4 Å². The van der Waals surface area contributed by atoms with Crippen LogP contribution in [0.2, 0.25) is 0 Å². The summed E-state index contributed by atoms with van der Waals surface area (Å²) in [6.45, 7) is 5.74. The van der Waals surface area contributed by atoms with Crippen molar-refractivity contribution in [3.63, 3.8) is 0 Å². The number of hydrogen-bond acceptors (Lipinski definition) is 4. The minimum Gasteiger partial charge on any atom is -0.379 e. The van der Waals surface area contributed by atoms with Crippen LogP contribution in [0.3, 0.4) is 0 Å². The molecule has 0 aromatic heterocycles. The molecule has 0 radical (unpaired) electrons. The van der Waals surface area contributed by atoms with Crippen molar-refractivity contribution < 1.29 is 17.9 Å². The van der Waals surface area contributed by atoms with Crippen LogP contribution in [0.25, 0.3) is 0 Å². The molecule has 2 rings (SSSR count). The number of carbonyl (C=O) groups is 1. The molecule has 6 nitrogen and oxygen atoms in total. The number of aryl methyl sites for hydroxylation is 1. The highest BCUT2D eigenvalue weighted by Crippen LogP contribution is 2.18. The standard InChI is InChI=1S/C18H28N2O4S/c1-3-4-15(2)19-18(21)10-7-16-5-8-17(9-6-16)25(22,23)20-11-13-24-14-12-20/h5-6,8-9,15H,3-4,7,10-14H2,1-2H3,(H,19,21)/t15-/m1/s1. The van der Waals surface area contributed by atoms with E-state index in [1.54, 1.807) is 24.3 Å². The molecule has 1 heterocycles. The number of carbonyl (C=O) groups excluding carboxylic acids is 1. The summed E-state index contributed by atoms with van der Waals surface area (Å²) in [5.74, 6) is 0.0333. The first kappa shape index (κ1) is 19.9. The summed E-state index contributed by atoms with van der Waals surface area (Å²) in [6.07, 6.45) is 3.02. The normalized spacial score (nSPS) is 17.2. The number of sulfonamides is 1. The van der Waals surface area contributed by atoms with Crippen LogP contribution >= 0.6 is 0 Å². The maximum absolute atomic E-state index is 12.6. The van der Waals surface area contributed by atoms with Crippen LogP contribution in [-0.2, 0) is 26.0 Å². The summed E-state index contributed by atoms with van der Waals surface area (Å²) in [5.41, 5.74) is 0.958. The van der Waals surface area contributed by atoms with E-state index in [1.165, 1.54) is 4.31 Å². The lowest BCUT2D eigenvalue weighted by Crippen LogP contribution is -2.40. The van der Waals surface area contributed by atoms with E-state index in [9.17, 15) is 13.2 Å². The van der Waals surface area contributed by atoms with Gasteiger partial charge >= 0.3 is 0 Å². The molecule has 1 atom stereocenters. The predicted octanol–water partition coefficient (Wildman–Crippen LogP) is 1.94. The predicted molar refractivity (Wildman–Crippen MR) is 96.9 cm³/mol. The Labute approximate surface area is 150 Å². The lowest BCUT2D eigenvalue weighted by molar-refractivity contribution is -0.121. The summed E-state index contributed by atoms with van der Waals surface area (Å²) >= 11 is 0. The van der Waals surface area contributed by atoms with Gasteiger partial charge in [-0.15, -0.1) is 0 Å². The number of benzene rings is 1. The van der Waals surface area contributed by atoms with Crippen molar-refractivity contribution in [3.8, 4) is 0 Å². The molecule has 1 aromatic rings. The lowest BCUT2D eigenvalue weighted by Gasteiger charge is -2.26. The Hall–Kier alpha value is -1.44. The van der Waals surface area contributed by atoms with Gasteiger partial charge < -0.3 is 10.1 Å². The first-order valence-corrected chi connectivity index (χ1v) is 10.3. The Morgan fingerprint density at radius 1 is 1.24 bits per heavy atom. The van der Waals surface area contributed by atoms with E-state index in [1.807, 2.05) is 6.92 Å². The second-order valence-electron chi connectivity index (χ2n) is 6.42. The van der Waals surface area contributed by atoms with E-state index < -0.39 is 10.0 Å². The fourth-order valence-electron chi connectivity index (χ4n) is 2.87. The van der Waals surface area contributed by atoms with Crippen molar-refractivity contribution in [2.24, 2.45) is 0 Å². The fourth-order valence-corrected chi connectivity index (χ4v) is 4.28. The van der Waals surface area contributed by atoms with Gasteiger partial charge in [0.15, 0.2) is 0 Å². The SMILES string of the molecule is CCC[C@@H](C)NC(=O)CCc1ccc(S(=O)(=O)N2CCOCC2)cc1. The molecule has 1 aliphatic rings. The van der Waals surface area contributed by atoms with E-state index >= 15 is 0 Å². The highest BCUT2D eigenvalue weighted by Gasteiger charge is 2.26. The van der Waals surface area contributed by atoms with Crippen LogP contribution in [0.15, 0.2) is 29.2 Å². The molecule has 7 heteroatoms. The monoisotopic (exact) mass is 368 g/mol. The summed E-state index contributed by atoms with van der Waals surface area (Å²) in [6, 6.07) is 7.01. The highest BCUT2D eigenvalue weighted by atomic mass is 32.2. The average Bonchev–Trinajstić information content (AvgIpc) is 2.61. The Kier molecular flexibility index (Phi) is 7.40. The zero-order chi connectivity index (χ0) is 18.3. The molecular formula is C18H28N2O4S. The van der Waals surface area contributed by atoms with Crippen LogP contribution < -0.4 is 5.32 Å². The van der Waals surface area contributed by atoms with Crippen molar-refractivity contribution in [3.05, 3.63) is 29.8 Å². The first-order valence-electron chi connectivity index (χ1n) is 8.89. The average molecular weight is 368 g/mol. The molecule has 0 spiro atoms. The minimum absolute atomic E-state index is 0.0333. The number of nitrogens with zero attached hydrogens (tertiary/aromatic N) is 1. The van der Waals surface area contributed by atoms with Gasteiger partial charge in [0.1, 0.15) is 0 Å². The highest BCUT2D eigenvalue weighted by molar-refractivity contribution is 7.89. The van der Waals surface area contributed by atoms with Gasteiger partial charge in [0.05, 0.1) is 18.1 Å². The summed E-state index contributed by atoms with van der Waals surface area (Å²) in [4.78, 5) is 12.2. The third-order valence-electron chi connectivity index (χ3n) is 4.30. The lowest BCUT2D eigenvalue weighted by atomic mass is 10.1. The Morgan fingerprint density at radius 3 is 2.48 bits per heavy atom. The van der Waals surface area contributed by atoms with E-state index in [0.29, 0.717) is 44.0 Å². The quantitative estimate of drug-likeness (QED) is 0.761. The van der Waals surface area contributed by atoms with E-state index in [4.69, 9.17) is 4.74 Å². The van der Waals surface area contributed by atoms with Gasteiger partial charge in [-0.1, -0.05) is 25.5 Å². The molecule has 1 aliphatic heterocycles. The van der Waals surface area contributed by atoms with Crippen molar-refractivity contribution in [1.82, 2.24) is 9.62 Å². The number of nitrogens with one attached hydrogen (secondary N) is 1. The molecule has 140 valence electrons. The zero-order valence-electron chi connectivity index (χ0n) is 15.0. The zero-order valence-corrected chi connectivity index (χ0v) is 15.8. The van der Waals surface area contributed by atoms with Crippen LogP contribution in [0.5, 0.6) is 0 Å². The number of amides is 1. The smallest absolute Gasteiger partial charge is 0.243 e. The van der Waals surface area contributed by atoms with Crippen molar-refractivity contribution in [2.45, 2.75) is 50.5 Å². The molecular weight excluding hydrogens is 340 g/mol. The van der Waals surface area contributed by atoms with Crippen LogP contribution in [0.4, 0.5) is 0 Å². The molecule has 1 saturated heterocycles. The number of hydrogen-bond donors (Lipinski definition) is 1. The topological polar surface area (TPSA) is 75.7 Å². The molecule has 0 unspecified atom stereocenters. The number of ether oxygens (including phenoxy) is 1. The van der Waals surface area contributed by atoms with E-state index in [-0.39, 0.29) is 11.9 Å². The Balaban J connectivity index is 1.90. The molecule has 0 aliphatic carbocycles. The third-order valence-corrected chi connectivity index (χ3v) is 6.21. The minimum atomic E-state index is -3.46. The molecule has 0 bridgehead atoms. The fraction of sp³-hybridized carbons (Fsp3) is 0.611. The Morgan fingerprint density at radius 2 is 1.88 bits per heavy atom. The van der Waals surface area contributed by atoms with Gasteiger partial charge in [-0.25, -0.2) is 8.42 Å². The molecule has 1 aromatic carbocycles. The van der Waals surface area contributed by atoms with Crippen LogP contribution in [0.1, 0.15) is 38.7 Å². The Bertz CT molecular complexity index is 652. The molecule has 0 saturated carbocycles. The van der Waals surface area contributed by atoms with Gasteiger partial charge in [0.2, 0.25) is 15.9 Å². The van der Waals surface area contributed by atoms with E-state index in [2.05, 4.69) is 12.2 Å². The first-order chi connectivity index (χ1) is 11.9. The maximum atomic E-state index is 12.6. The largest absolute Gasteiger partial charge is 0.379 e.